The number of aromatic nitrogens is 1. The summed E-state index contributed by atoms with van der Waals surface area (Å²) in [6.07, 6.45) is 3.34. The molecule has 0 radical (unpaired) electrons. The summed E-state index contributed by atoms with van der Waals surface area (Å²) in [6, 6.07) is 5.79. The van der Waals surface area contributed by atoms with E-state index in [0.717, 1.165) is 24.5 Å². The zero-order valence-electron chi connectivity index (χ0n) is 20.7. The summed E-state index contributed by atoms with van der Waals surface area (Å²) in [5.74, 6) is -2.13. The molecule has 0 amide bonds. The Morgan fingerprint density at radius 3 is 2.51 bits per heavy atom. The number of halogens is 2. The van der Waals surface area contributed by atoms with Crippen molar-refractivity contribution in [3.05, 3.63) is 68.2 Å². The molecule has 11 heteroatoms. The maximum absolute atomic E-state index is 15.5. The zero-order chi connectivity index (χ0) is 26.8. The van der Waals surface area contributed by atoms with Gasteiger partial charge in [-0.15, -0.1) is 0 Å². The second-order valence-corrected chi connectivity index (χ2v) is 12.3. The summed E-state index contributed by atoms with van der Waals surface area (Å²) in [7, 11) is -2.25. The van der Waals surface area contributed by atoms with Gasteiger partial charge in [0.15, 0.2) is 0 Å². The van der Waals surface area contributed by atoms with Gasteiger partial charge in [0.05, 0.1) is 26.5 Å². The van der Waals surface area contributed by atoms with E-state index in [-0.39, 0.29) is 33.6 Å². The van der Waals surface area contributed by atoms with Crippen LogP contribution in [0.25, 0.3) is 10.9 Å². The number of pyridine rings is 1. The number of likely N-dealkylation sites (N-methyl/N-ethyl adjacent to an activating group) is 1. The maximum Gasteiger partial charge on any atom is 0.341 e. The number of nitrogens with zero attached hydrogens (tertiary/aromatic N) is 3. The van der Waals surface area contributed by atoms with Gasteiger partial charge in [-0.1, -0.05) is 29.3 Å². The lowest BCUT2D eigenvalue weighted by molar-refractivity contribution is 0.0694. The van der Waals surface area contributed by atoms with E-state index in [1.165, 1.54) is 17.5 Å². The topological polar surface area (TPSA) is 99.9 Å². The standard InChI is InChI=1S/C26H27ClFN3O5S/c1-14-4-7-21(15(2)10-14)37(35,36)29(3)17-8-9-30(12-17)24-20(28)11-18-23(22(24)27)31(16-5-6-16)13-19(25(18)32)26(33)34/h4,7,10-11,13,16-17H,5-6,8-9,12H2,1-3H3,(H,33,34). The highest BCUT2D eigenvalue weighted by molar-refractivity contribution is 7.89. The first-order valence-corrected chi connectivity index (χ1v) is 13.8. The largest absolute Gasteiger partial charge is 0.477 e. The summed E-state index contributed by atoms with van der Waals surface area (Å²) in [5.41, 5.74) is 0.797. The molecule has 1 aliphatic heterocycles. The van der Waals surface area contributed by atoms with Crippen LogP contribution in [-0.4, -0.2) is 54.5 Å². The van der Waals surface area contributed by atoms with Crippen molar-refractivity contribution in [1.82, 2.24) is 8.87 Å². The summed E-state index contributed by atoms with van der Waals surface area (Å²) in [5, 5.41) is 9.42. The van der Waals surface area contributed by atoms with Crippen LogP contribution in [0.2, 0.25) is 5.02 Å². The number of carboxylic acid groups (broad SMARTS) is 1. The minimum absolute atomic E-state index is 0.0163. The van der Waals surface area contributed by atoms with Crippen molar-refractivity contribution < 1.29 is 22.7 Å². The number of benzene rings is 2. The van der Waals surface area contributed by atoms with E-state index in [1.807, 2.05) is 13.0 Å². The van der Waals surface area contributed by atoms with Crippen LogP contribution in [0, 0.1) is 19.7 Å². The summed E-state index contributed by atoms with van der Waals surface area (Å²) in [4.78, 5) is 26.4. The molecule has 0 spiro atoms. The molecular weight excluding hydrogens is 521 g/mol. The second-order valence-electron chi connectivity index (χ2n) is 9.91. The Morgan fingerprint density at radius 1 is 1.19 bits per heavy atom. The molecule has 1 unspecified atom stereocenters. The van der Waals surface area contributed by atoms with E-state index in [9.17, 15) is 23.1 Å². The van der Waals surface area contributed by atoms with Gasteiger partial charge >= 0.3 is 5.97 Å². The fraction of sp³-hybridized carbons (Fsp3) is 0.385. The molecule has 3 aromatic rings. The average molecular weight is 548 g/mol. The number of rotatable bonds is 6. The van der Waals surface area contributed by atoms with E-state index >= 15 is 4.39 Å². The predicted octanol–water partition coefficient (Wildman–Crippen LogP) is 4.34. The van der Waals surface area contributed by atoms with Gasteiger partial charge in [-0.25, -0.2) is 17.6 Å². The van der Waals surface area contributed by atoms with Gasteiger partial charge in [-0.05, 0) is 50.8 Å². The van der Waals surface area contributed by atoms with Crippen LogP contribution in [0.1, 0.15) is 46.8 Å². The Labute approximate surface area is 218 Å². The third-order valence-corrected chi connectivity index (χ3v) is 9.76. The van der Waals surface area contributed by atoms with E-state index in [1.54, 1.807) is 28.5 Å². The van der Waals surface area contributed by atoms with Crippen molar-refractivity contribution in [3.63, 3.8) is 0 Å². The SMILES string of the molecule is Cc1ccc(S(=O)(=O)N(C)C2CCN(c3c(F)cc4c(=O)c(C(=O)O)cn(C5CC5)c4c3Cl)C2)c(C)c1. The maximum atomic E-state index is 15.5. The average Bonchev–Trinajstić information content (AvgIpc) is 3.56. The third kappa shape index (κ3) is 4.30. The number of hydrogen-bond acceptors (Lipinski definition) is 5. The molecule has 1 saturated heterocycles. The summed E-state index contributed by atoms with van der Waals surface area (Å²) in [6.45, 7) is 4.23. The van der Waals surface area contributed by atoms with Crippen molar-refractivity contribution in [2.75, 3.05) is 25.0 Å². The number of aromatic carboxylic acids is 1. The lowest BCUT2D eigenvalue weighted by Gasteiger charge is -2.27. The van der Waals surface area contributed by atoms with Crippen LogP contribution in [0.4, 0.5) is 10.1 Å². The zero-order valence-corrected chi connectivity index (χ0v) is 22.2. The van der Waals surface area contributed by atoms with E-state index in [0.29, 0.717) is 24.0 Å². The van der Waals surface area contributed by atoms with Crippen molar-refractivity contribution >= 4 is 44.2 Å². The highest BCUT2D eigenvalue weighted by Crippen LogP contribution is 2.43. The molecule has 1 N–H and O–H groups in total. The number of carboxylic acids is 1. The summed E-state index contributed by atoms with van der Waals surface area (Å²) >= 11 is 6.74. The van der Waals surface area contributed by atoms with Crippen LogP contribution in [0.15, 0.2) is 40.2 Å². The van der Waals surface area contributed by atoms with Crippen LogP contribution in [0.5, 0.6) is 0 Å². The van der Waals surface area contributed by atoms with E-state index in [2.05, 4.69) is 0 Å². The molecular formula is C26H27ClFN3O5S. The summed E-state index contributed by atoms with van der Waals surface area (Å²) < 4.78 is 45.2. The second kappa shape index (κ2) is 9.11. The molecule has 5 rings (SSSR count). The van der Waals surface area contributed by atoms with Gasteiger partial charge in [0.25, 0.3) is 0 Å². The highest BCUT2D eigenvalue weighted by atomic mass is 35.5. The molecule has 196 valence electrons. The number of fused-ring (bicyclic) bond motifs is 1. The first kappa shape index (κ1) is 25.7. The number of anilines is 1. The Morgan fingerprint density at radius 2 is 1.89 bits per heavy atom. The van der Waals surface area contributed by atoms with Gasteiger partial charge < -0.3 is 14.6 Å². The molecule has 2 aliphatic rings. The lowest BCUT2D eigenvalue weighted by Crippen LogP contribution is -2.39. The smallest absolute Gasteiger partial charge is 0.341 e. The molecule has 2 fully saturated rings. The van der Waals surface area contributed by atoms with E-state index < -0.39 is 38.8 Å². The lowest BCUT2D eigenvalue weighted by atomic mass is 10.1. The molecule has 8 nitrogen and oxygen atoms in total. The van der Waals surface area contributed by atoms with Gasteiger partial charge in [-0.3, -0.25) is 4.79 Å². The molecule has 1 atom stereocenters. The van der Waals surface area contributed by atoms with Crippen LogP contribution in [-0.2, 0) is 10.0 Å². The van der Waals surface area contributed by atoms with Crippen LogP contribution >= 0.6 is 11.6 Å². The normalized spacial score (nSPS) is 18.2. The fourth-order valence-electron chi connectivity index (χ4n) is 5.20. The minimum Gasteiger partial charge on any atom is -0.477 e. The number of aryl methyl sites for hydroxylation is 2. The fourth-order valence-corrected chi connectivity index (χ4v) is 7.19. The molecule has 1 aromatic heterocycles. The quantitative estimate of drug-likeness (QED) is 0.493. The van der Waals surface area contributed by atoms with Crippen LogP contribution < -0.4 is 10.3 Å². The van der Waals surface area contributed by atoms with Crippen LogP contribution in [0.3, 0.4) is 0 Å². The molecule has 37 heavy (non-hydrogen) atoms. The van der Waals surface area contributed by atoms with Gasteiger partial charge in [0, 0.05) is 38.4 Å². The number of hydrogen-bond donors (Lipinski definition) is 1. The van der Waals surface area contributed by atoms with Crippen molar-refractivity contribution in [2.24, 2.45) is 0 Å². The first-order valence-electron chi connectivity index (χ1n) is 12.0. The number of sulfonamides is 1. The molecule has 1 aliphatic carbocycles. The monoisotopic (exact) mass is 547 g/mol. The molecule has 0 bridgehead atoms. The van der Waals surface area contributed by atoms with Crippen molar-refractivity contribution in [3.8, 4) is 0 Å². The Bertz CT molecular complexity index is 1620. The van der Waals surface area contributed by atoms with E-state index in [4.69, 9.17) is 11.6 Å². The highest BCUT2D eigenvalue weighted by Gasteiger charge is 2.36. The Balaban J connectivity index is 1.52. The van der Waals surface area contributed by atoms with Gasteiger partial charge in [0.2, 0.25) is 15.5 Å². The third-order valence-electron chi connectivity index (χ3n) is 7.34. The Kier molecular flexibility index (Phi) is 6.32. The van der Waals surface area contributed by atoms with Gasteiger partial charge in [-0.2, -0.15) is 4.31 Å². The number of carbonyl (C=O) groups is 1. The molecule has 1 saturated carbocycles. The predicted molar refractivity (Wildman–Crippen MR) is 140 cm³/mol. The molecule has 2 aromatic carbocycles. The van der Waals surface area contributed by atoms with Gasteiger partial charge in [0.1, 0.15) is 11.4 Å². The molecule has 2 heterocycles. The Hall–Kier alpha value is -2.95. The first-order chi connectivity index (χ1) is 17.4. The van der Waals surface area contributed by atoms with Crippen molar-refractivity contribution in [2.45, 2.75) is 50.1 Å². The minimum atomic E-state index is -3.78. The van der Waals surface area contributed by atoms with Crippen molar-refractivity contribution in [1.29, 1.82) is 0 Å².